The van der Waals surface area contributed by atoms with Crippen molar-refractivity contribution < 1.29 is 23.9 Å². The van der Waals surface area contributed by atoms with Crippen molar-refractivity contribution in [1.82, 2.24) is 10.7 Å². The molecule has 0 spiro atoms. The largest absolute Gasteiger partial charge is 0.497 e. The van der Waals surface area contributed by atoms with Crippen LogP contribution < -0.4 is 20.2 Å². The Bertz CT molecular complexity index is 1060. The Morgan fingerprint density at radius 3 is 2.21 bits per heavy atom. The Morgan fingerprint density at radius 1 is 0.895 bits per heavy atom. The van der Waals surface area contributed by atoms with E-state index in [1.54, 1.807) is 49.6 Å². The maximum Gasteiger partial charge on any atom is 0.343 e. The summed E-state index contributed by atoms with van der Waals surface area (Å²) in [4.78, 5) is 36.6. The first kappa shape index (κ1) is 31.0. The average molecular weight is 589 g/mol. The van der Waals surface area contributed by atoms with Gasteiger partial charge < -0.3 is 14.8 Å². The lowest BCUT2D eigenvalue weighted by molar-refractivity contribution is -0.126. The fourth-order valence-corrected chi connectivity index (χ4v) is 4.05. The first-order valence-electron chi connectivity index (χ1n) is 13.2. The number of carbonyl (C=O) groups excluding carboxylic acids is 3. The molecule has 206 valence electrons. The van der Waals surface area contributed by atoms with E-state index in [0.29, 0.717) is 23.3 Å². The molecule has 0 aliphatic heterocycles. The minimum Gasteiger partial charge on any atom is -0.497 e. The van der Waals surface area contributed by atoms with Crippen molar-refractivity contribution in [3.05, 3.63) is 58.1 Å². The number of esters is 1. The summed E-state index contributed by atoms with van der Waals surface area (Å²) in [7, 11) is 1.55. The van der Waals surface area contributed by atoms with Crippen molar-refractivity contribution in [3.63, 3.8) is 0 Å². The van der Waals surface area contributed by atoms with E-state index in [9.17, 15) is 14.4 Å². The number of carbonyl (C=O) groups is 3. The number of hydrogen-bond acceptors (Lipinski definition) is 6. The van der Waals surface area contributed by atoms with Gasteiger partial charge in [-0.15, -0.1) is 0 Å². The van der Waals surface area contributed by atoms with Gasteiger partial charge in [0.25, 0.3) is 5.91 Å². The molecule has 0 heterocycles. The number of amides is 2. The van der Waals surface area contributed by atoms with Crippen LogP contribution in [0.5, 0.6) is 11.5 Å². The van der Waals surface area contributed by atoms with Crippen LogP contribution in [-0.2, 0) is 9.59 Å². The Labute approximate surface area is 233 Å². The van der Waals surface area contributed by atoms with E-state index in [2.05, 4.69) is 38.7 Å². The van der Waals surface area contributed by atoms with E-state index < -0.39 is 11.9 Å². The van der Waals surface area contributed by atoms with E-state index in [4.69, 9.17) is 9.47 Å². The molecule has 2 N–H and O–H groups in total. The predicted molar refractivity (Wildman–Crippen MR) is 153 cm³/mol. The molecule has 2 aromatic rings. The molecule has 0 saturated carbocycles. The van der Waals surface area contributed by atoms with Gasteiger partial charge in [0.05, 0.1) is 25.4 Å². The number of hydrogen-bond donors (Lipinski definition) is 2. The van der Waals surface area contributed by atoms with Crippen molar-refractivity contribution in [2.45, 2.75) is 71.1 Å². The van der Waals surface area contributed by atoms with Gasteiger partial charge in [-0.05, 0) is 48.9 Å². The van der Waals surface area contributed by atoms with E-state index in [0.717, 1.165) is 23.7 Å². The molecule has 9 heteroatoms. The topological polar surface area (TPSA) is 106 Å². The average Bonchev–Trinajstić information content (AvgIpc) is 2.92. The van der Waals surface area contributed by atoms with Gasteiger partial charge in [0, 0.05) is 16.5 Å². The minimum absolute atomic E-state index is 0.146. The van der Waals surface area contributed by atoms with Crippen molar-refractivity contribution in [2.24, 2.45) is 5.10 Å². The van der Waals surface area contributed by atoms with Gasteiger partial charge >= 0.3 is 5.97 Å². The first-order chi connectivity index (χ1) is 18.4. The van der Waals surface area contributed by atoms with Crippen molar-refractivity contribution in [1.29, 1.82) is 0 Å². The number of ether oxygens (including phenoxy) is 2. The highest BCUT2D eigenvalue weighted by molar-refractivity contribution is 9.10. The Hall–Kier alpha value is -3.20. The van der Waals surface area contributed by atoms with Crippen molar-refractivity contribution in [3.8, 4) is 11.5 Å². The van der Waals surface area contributed by atoms with Crippen LogP contribution in [0.2, 0.25) is 0 Å². The van der Waals surface area contributed by atoms with E-state index >= 15 is 0 Å². The zero-order valence-electron chi connectivity index (χ0n) is 22.3. The smallest absolute Gasteiger partial charge is 0.343 e. The third-order valence-corrected chi connectivity index (χ3v) is 6.34. The lowest BCUT2D eigenvalue weighted by atomic mass is 10.1. The molecule has 0 fully saturated rings. The van der Waals surface area contributed by atoms with Gasteiger partial charge in [-0.2, -0.15) is 5.10 Å². The summed E-state index contributed by atoms with van der Waals surface area (Å²) in [5.74, 6) is -0.224. The molecule has 2 aromatic carbocycles. The summed E-state index contributed by atoms with van der Waals surface area (Å²) in [5.41, 5.74) is 3.23. The van der Waals surface area contributed by atoms with Gasteiger partial charge in [-0.1, -0.05) is 74.2 Å². The third kappa shape index (κ3) is 12.4. The van der Waals surface area contributed by atoms with Crippen LogP contribution in [-0.4, -0.2) is 37.7 Å². The third-order valence-electron chi connectivity index (χ3n) is 5.85. The second-order valence-electron chi connectivity index (χ2n) is 8.95. The van der Waals surface area contributed by atoms with Crippen LogP contribution in [0.25, 0.3) is 0 Å². The van der Waals surface area contributed by atoms with Gasteiger partial charge in [0.15, 0.2) is 0 Å². The maximum atomic E-state index is 12.5. The minimum atomic E-state index is -0.539. The van der Waals surface area contributed by atoms with Crippen LogP contribution in [0.3, 0.4) is 0 Å². The fourth-order valence-electron chi connectivity index (χ4n) is 3.68. The summed E-state index contributed by atoms with van der Waals surface area (Å²) >= 11 is 3.38. The highest BCUT2D eigenvalue weighted by Gasteiger charge is 2.12. The first-order valence-corrected chi connectivity index (χ1v) is 14.0. The van der Waals surface area contributed by atoms with E-state index in [1.807, 2.05) is 0 Å². The Balaban J connectivity index is 1.72. The highest BCUT2D eigenvalue weighted by Crippen LogP contribution is 2.23. The van der Waals surface area contributed by atoms with Gasteiger partial charge in [0.1, 0.15) is 11.5 Å². The molecule has 0 radical (unpaired) electrons. The normalized spacial score (nSPS) is 10.8. The number of unbranched alkanes of at least 4 members (excludes halogenated alkanes) is 8. The number of halogens is 1. The summed E-state index contributed by atoms with van der Waals surface area (Å²) in [6.45, 7) is 2.05. The van der Waals surface area contributed by atoms with Crippen LogP contribution in [0.4, 0.5) is 0 Å². The molecule has 0 bridgehead atoms. The molecular formula is C29H38BrN3O5. The molecule has 2 amide bonds. The van der Waals surface area contributed by atoms with Crippen molar-refractivity contribution >= 4 is 39.9 Å². The van der Waals surface area contributed by atoms with E-state index in [1.165, 1.54) is 44.7 Å². The van der Waals surface area contributed by atoms with E-state index in [-0.39, 0.29) is 18.2 Å². The molecule has 0 saturated heterocycles. The quantitative estimate of drug-likeness (QED) is 0.0757. The molecule has 8 nitrogen and oxygen atoms in total. The number of nitrogens with one attached hydrogen (secondary N) is 2. The van der Waals surface area contributed by atoms with Crippen LogP contribution in [0.1, 0.15) is 87.1 Å². The molecule has 0 atom stereocenters. The zero-order valence-corrected chi connectivity index (χ0v) is 23.8. The summed E-state index contributed by atoms with van der Waals surface area (Å²) in [6, 6.07) is 11.6. The van der Waals surface area contributed by atoms with Crippen LogP contribution in [0.15, 0.2) is 52.0 Å². The van der Waals surface area contributed by atoms with Gasteiger partial charge in [0.2, 0.25) is 5.91 Å². The van der Waals surface area contributed by atoms with Gasteiger partial charge in [-0.25, -0.2) is 10.2 Å². The zero-order chi connectivity index (χ0) is 27.6. The summed E-state index contributed by atoms with van der Waals surface area (Å²) in [5, 5.41) is 6.56. The molecule has 0 unspecified atom stereocenters. The Kier molecular flexibility index (Phi) is 14.8. The maximum absolute atomic E-state index is 12.5. The molecule has 0 aliphatic rings. The molecule has 0 aromatic heterocycles. The van der Waals surface area contributed by atoms with Crippen LogP contribution in [0, 0.1) is 0 Å². The molecule has 0 aliphatic carbocycles. The monoisotopic (exact) mass is 587 g/mol. The number of nitrogens with zero attached hydrogens (tertiary/aromatic N) is 1. The molecule has 2 rings (SSSR count). The predicted octanol–water partition coefficient (Wildman–Crippen LogP) is 6.16. The molecular weight excluding hydrogens is 550 g/mol. The number of benzene rings is 2. The molecule has 38 heavy (non-hydrogen) atoms. The second-order valence-corrected chi connectivity index (χ2v) is 9.86. The highest BCUT2D eigenvalue weighted by atomic mass is 79.9. The number of methoxy groups -OCH3 is 1. The standard InChI is InChI=1S/C29H38BrN3O5/c1-3-4-5-6-7-8-9-10-11-12-27(34)31-21-28(35)33-32-20-23-19-24(30)15-18-26(23)38-29(36)22-13-16-25(37-2)17-14-22/h13-20H,3-12,21H2,1-2H3,(H,31,34)(H,33,35)/b32-20-. The summed E-state index contributed by atoms with van der Waals surface area (Å²) < 4.78 is 11.4. The van der Waals surface area contributed by atoms with Gasteiger partial charge in [-0.3, -0.25) is 9.59 Å². The lowest BCUT2D eigenvalue weighted by Crippen LogP contribution is -2.34. The van der Waals surface area contributed by atoms with Crippen molar-refractivity contribution in [2.75, 3.05) is 13.7 Å². The van der Waals surface area contributed by atoms with Crippen LogP contribution >= 0.6 is 15.9 Å². The fraction of sp³-hybridized carbons (Fsp3) is 0.448. The Morgan fingerprint density at radius 2 is 1.55 bits per heavy atom. The summed E-state index contributed by atoms with van der Waals surface area (Å²) in [6.07, 6.45) is 12.4. The number of hydrazone groups is 1. The second kappa shape index (κ2) is 18.1. The lowest BCUT2D eigenvalue weighted by Gasteiger charge is -2.09. The number of rotatable bonds is 17. The SMILES string of the molecule is CCCCCCCCCCCC(=O)NCC(=O)N/N=C\c1cc(Br)ccc1OC(=O)c1ccc(OC)cc1.